The van der Waals surface area contributed by atoms with Gasteiger partial charge in [-0.05, 0) is 65.2 Å². The largest absolute Gasteiger partial charge is 0.477 e. The van der Waals surface area contributed by atoms with Crippen molar-refractivity contribution in [2.75, 3.05) is 55.7 Å². The monoisotopic (exact) mass is 632 g/mol. The number of piperidine rings is 1. The number of benzene rings is 1. The van der Waals surface area contributed by atoms with E-state index in [9.17, 15) is 4.21 Å². The van der Waals surface area contributed by atoms with Gasteiger partial charge in [-0.25, -0.2) is 13.2 Å². The molecule has 3 N–H and O–H groups in total. The predicted molar refractivity (Wildman–Crippen MR) is 169 cm³/mol. The normalized spacial score (nSPS) is 25.4. The molecule has 1 aromatic carbocycles. The fourth-order valence-corrected chi connectivity index (χ4v) is 7.44. The number of nitrogens with zero attached hydrogens (tertiary/aromatic N) is 4. The number of ether oxygens (including phenoxy) is 1. The van der Waals surface area contributed by atoms with Crippen LogP contribution in [0.25, 0.3) is 0 Å². The highest BCUT2D eigenvalue weighted by atomic mass is 32.2. The highest BCUT2D eigenvalue weighted by Gasteiger charge is 2.45. The van der Waals surface area contributed by atoms with E-state index in [1.807, 2.05) is 4.90 Å². The zero-order valence-electron chi connectivity index (χ0n) is 25.6. The van der Waals surface area contributed by atoms with E-state index in [1.165, 1.54) is 18.2 Å². The standard InChI is InChI=1S/C32H43F3N6O2S/c1-21(36)28-25-20-27(41-15-18-44(42)19-16-41)39-31(28)43-17-6-4-3-5-12-40-13-10-23(11-14-40)32(34,35)26-9-7-8-24(29(26)33)22(2)38-30(25)37/h7-9,20,22-23,36H,3-6,10-19H2,1-2H3,(H2,37,38)/t22-/m1/s1. The van der Waals surface area contributed by atoms with Crippen LogP contribution in [0.1, 0.15) is 80.7 Å². The third-order valence-corrected chi connectivity index (χ3v) is 10.3. The van der Waals surface area contributed by atoms with Crippen molar-refractivity contribution >= 4 is 28.2 Å². The van der Waals surface area contributed by atoms with Gasteiger partial charge in [0.1, 0.15) is 17.5 Å². The van der Waals surface area contributed by atoms with Crippen LogP contribution < -0.4 is 15.4 Å². The molecule has 6 bridgehead atoms. The van der Waals surface area contributed by atoms with Gasteiger partial charge in [0, 0.05) is 58.2 Å². The zero-order valence-corrected chi connectivity index (χ0v) is 26.4. The van der Waals surface area contributed by atoms with E-state index in [1.54, 1.807) is 19.9 Å². The molecule has 4 aliphatic heterocycles. The molecule has 1 atom stereocenters. The Morgan fingerprint density at radius 1 is 1.09 bits per heavy atom. The summed E-state index contributed by atoms with van der Waals surface area (Å²) in [6, 6.07) is 4.97. The summed E-state index contributed by atoms with van der Waals surface area (Å²) >= 11 is 0. The summed E-state index contributed by atoms with van der Waals surface area (Å²) < 4.78 is 65.7. The lowest BCUT2D eigenvalue weighted by Gasteiger charge is -2.36. The van der Waals surface area contributed by atoms with Gasteiger partial charge >= 0.3 is 0 Å². The van der Waals surface area contributed by atoms with Crippen molar-refractivity contribution < 1.29 is 22.1 Å². The minimum absolute atomic E-state index is 0.0306. The van der Waals surface area contributed by atoms with Crippen molar-refractivity contribution in [1.82, 2.24) is 9.88 Å². The van der Waals surface area contributed by atoms with Gasteiger partial charge in [0.25, 0.3) is 5.92 Å². The van der Waals surface area contributed by atoms with Gasteiger partial charge in [-0.2, -0.15) is 4.98 Å². The number of nitrogens with one attached hydrogen (secondary N) is 1. The van der Waals surface area contributed by atoms with E-state index in [-0.39, 0.29) is 23.0 Å². The minimum atomic E-state index is -3.31. The molecule has 5 heterocycles. The van der Waals surface area contributed by atoms with Crippen molar-refractivity contribution in [1.29, 1.82) is 5.41 Å². The van der Waals surface area contributed by atoms with Gasteiger partial charge in [-0.1, -0.05) is 31.0 Å². The van der Waals surface area contributed by atoms with Gasteiger partial charge in [-0.15, -0.1) is 0 Å². The smallest absolute Gasteiger partial charge is 0.278 e. The first-order valence-corrected chi connectivity index (χ1v) is 17.1. The maximum Gasteiger partial charge on any atom is 0.278 e. The van der Waals surface area contributed by atoms with E-state index >= 15 is 13.2 Å². The van der Waals surface area contributed by atoms with E-state index in [0.717, 1.165) is 32.2 Å². The first kappa shape index (κ1) is 32.4. The molecule has 6 rings (SSSR count). The number of amidine groups is 1. The fraction of sp³-hybridized carbons (Fsp3) is 0.594. The quantitative estimate of drug-likeness (QED) is 0.430. The predicted octanol–water partition coefficient (Wildman–Crippen LogP) is 5.40. The molecule has 4 aliphatic rings. The summed E-state index contributed by atoms with van der Waals surface area (Å²) in [4.78, 5) is 13.6. The number of anilines is 1. The van der Waals surface area contributed by atoms with Crippen LogP contribution in [-0.2, 0) is 16.7 Å². The molecule has 1 aromatic heterocycles. The van der Waals surface area contributed by atoms with Crippen LogP contribution in [0.15, 0.2) is 29.3 Å². The summed E-state index contributed by atoms with van der Waals surface area (Å²) in [7, 11) is -0.888. The third kappa shape index (κ3) is 7.11. The number of aromatic nitrogens is 1. The molecule has 0 aliphatic carbocycles. The second-order valence-corrected chi connectivity index (χ2v) is 13.8. The van der Waals surface area contributed by atoms with Gasteiger partial charge in [-0.3, -0.25) is 9.20 Å². The molecular formula is C32H43F3N6O2S. The van der Waals surface area contributed by atoms with Gasteiger partial charge < -0.3 is 25.7 Å². The lowest BCUT2D eigenvalue weighted by molar-refractivity contribution is -0.0880. The Labute approximate surface area is 260 Å². The Bertz CT molecular complexity index is 1400. The Hall–Kier alpha value is -2.99. The molecule has 8 nitrogen and oxygen atoms in total. The average Bonchev–Trinajstić information content (AvgIpc) is 3.00. The van der Waals surface area contributed by atoms with Gasteiger partial charge in [0.15, 0.2) is 0 Å². The number of fused-ring (bicyclic) bond motifs is 9. The van der Waals surface area contributed by atoms with Crippen LogP contribution in [-0.4, -0.2) is 76.5 Å². The van der Waals surface area contributed by atoms with E-state index in [4.69, 9.17) is 20.9 Å². The lowest BCUT2D eigenvalue weighted by atomic mass is 9.85. The maximum absolute atomic E-state index is 15.9. The number of rotatable bonds is 2. The van der Waals surface area contributed by atoms with Crippen LogP contribution in [0.3, 0.4) is 0 Å². The molecule has 2 fully saturated rings. The number of aliphatic imine (C=N–C) groups is 1. The molecule has 0 saturated carbocycles. The number of halogens is 3. The lowest BCUT2D eigenvalue weighted by Crippen LogP contribution is -2.40. The number of nitrogens with two attached hydrogens (primary N) is 1. The van der Waals surface area contributed by atoms with Crippen molar-refractivity contribution in [3.8, 4) is 5.88 Å². The third-order valence-electron chi connectivity index (χ3n) is 9.00. The van der Waals surface area contributed by atoms with Crippen LogP contribution in [0, 0.1) is 17.1 Å². The number of alkyl halides is 2. The van der Waals surface area contributed by atoms with Gasteiger partial charge in [0.2, 0.25) is 5.88 Å². The molecule has 44 heavy (non-hydrogen) atoms. The highest BCUT2D eigenvalue weighted by molar-refractivity contribution is 7.85. The van der Waals surface area contributed by atoms with Crippen molar-refractivity contribution in [3.05, 3.63) is 52.3 Å². The molecule has 2 saturated heterocycles. The highest BCUT2D eigenvalue weighted by Crippen LogP contribution is 2.44. The summed E-state index contributed by atoms with van der Waals surface area (Å²) in [5, 5.41) is 8.56. The van der Waals surface area contributed by atoms with Crippen LogP contribution in [0.5, 0.6) is 5.88 Å². The topological polar surface area (TPSA) is 108 Å². The van der Waals surface area contributed by atoms with Crippen LogP contribution >= 0.6 is 0 Å². The number of hydrogen-bond acceptors (Lipinski definition) is 8. The molecule has 2 aromatic rings. The molecule has 240 valence electrons. The van der Waals surface area contributed by atoms with E-state index < -0.39 is 40.1 Å². The number of hydrogen-bond donors (Lipinski definition) is 2. The van der Waals surface area contributed by atoms with E-state index in [0.29, 0.717) is 74.1 Å². The molecule has 12 heteroatoms. The van der Waals surface area contributed by atoms with Crippen molar-refractivity contribution in [2.45, 2.75) is 64.3 Å². The Balaban J connectivity index is 1.57. The molecular weight excluding hydrogens is 589 g/mol. The van der Waals surface area contributed by atoms with E-state index in [2.05, 4.69) is 9.89 Å². The summed E-state index contributed by atoms with van der Waals surface area (Å²) in [5.41, 5.74) is 6.99. The summed E-state index contributed by atoms with van der Waals surface area (Å²) in [6.45, 7) is 6.72. The first-order chi connectivity index (χ1) is 21.1. The molecule has 0 amide bonds. The molecule has 0 radical (unpaired) electrons. The Kier molecular flexibility index (Phi) is 10.3. The minimum Gasteiger partial charge on any atom is -0.477 e. The average molecular weight is 633 g/mol. The van der Waals surface area contributed by atoms with Crippen LogP contribution in [0.4, 0.5) is 19.0 Å². The molecule has 0 unspecified atom stereocenters. The maximum atomic E-state index is 15.9. The Morgan fingerprint density at radius 2 is 1.80 bits per heavy atom. The van der Waals surface area contributed by atoms with Crippen LogP contribution in [0.2, 0.25) is 0 Å². The van der Waals surface area contributed by atoms with Crippen molar-refractivity contribution in [2.24, 2.45) is 16.6 Å². The molecule has 0 spiro atoms. The SMILES string of the molecule is CC(=N)c1c2cc(N3CCS(=O)CC3)nc1OCCCCCCN1CCC(CC1)C(F)(F)c1cccc(c1F)[C@@H](C)N=C2N. The number of pyridine rings is 1. The fourth-order valence-electron chi connectivity index (χ4n) is 6.38. The summed E-state index contributed by atoms with van der Waals surface area (Å²) in [6.07, 6.45) is 4.30. The summed E-state index contributed by atoms with van der Waals surface area (Å²) in [5.74, 6) is -3.31. The van der Waals surface area contributed by atoms with Gasteiger partial charge in [0.05, 0.1) is 23.8 Å². The Morgan fingerprint density at radius 3 is 2.50 bits per heavy atom. The second kappa shape index (κ2) is 14.0. The second-order valence-electron chi connectivity index (χ2n) is 12.1. The first-order valence-electron chi connectivity index (χ1n) is 15.6. The zero-order chi connectivity index (χ0) is 31.4. The van der Waals surface area contributed by atoms with Crippen molar-refractivity contribution in [3.63, 3.8) is 0 Å².